The van der Waals surface area contributed by atoms with Crippen molar-refractivity contribution >= 4 is 55.2 Å². The predicted molar refractivity (Wildman–Crippen MR) is 91.7 cm³/mol. The molecular weight excluding hydrogens is 440 g/mol. The van der Waals surface area contributed by atoms with Gasteiger partial charge in [-0.25, -0.2) is 4.98 Å². The van der Waals surface area contributed by atoms with E-state index < -0.39 is 17.6 Å². The van der Waals surface area contributed by atoms with Crippen molar-refractivity contribution in [2.75, 3.05) is 5.32 Å². The van der Waals surface area contributed by atoms with Gasteiger partial charge >= 0.3 is 6.18 Å². The summed E-state index contributed by atoms with van der Waals surface area (Å²) in [5.41, 5.74) is -0.507. The molecule has 0 aliphatic rings. The minimum Gasteiger partial charge on any atom is -0.298 e. The number of anilines is 1. The van der Waals surface area contributed by atoms with E-state index in [-0.39, 0.29) is 10.6 Å². The number of hydrogen-bond donors (Lipinski definition) is 1. The van der Waals surface area contributed by atoms with E-state index in [9.17, 15) is 18.0 Å². The second kappa shape index (κ2) is 6.08. The quantitative estimate of drug-likeness (QED) is 0.550. The molecule has 118 valence electrons. The summed E-state index contributed by atoms with van der Waals surface area (Å²) in [6.45, 7) is 0. The molecule has 1 N–H and O–H groups in total. The van der Waals surface area contributed by atoms with E-state index in [1.807, 2.05) is 22.6 Å². The van der Waals surface area contributed by atoms with E-state index in [0.29, 0.717) is 10.3 Å². The standard InChI is InChI=1S/C15H8F3IN2OS/c16-15(17,18)9-5-3-7-11-12(9)20-14(23-11)21-13(22)8-4-1-2-6-10(8)19/h1-7H,(H,20,21,22). The first kappa shape index (κ1) is 16.2. The molecule has 23 heavy (non-hydrogen) atoms. The van der Waals surface area contributed by atoms with E-state index in [0.717, 1.165) is 21.0 Å². The van der Waals surface area contributed by atoms with Gasteiger partial charge in [0.1, 0.15) is 0 Å². The van der Waals surface area contributed by atoms with Gasteiger partial charge in [0.25, 0.3) is 5.91 Å². The summed E-state index contributed by atoms with van der Waals surface area (Å²) >= 11 is 3.03. The predicted octanol–water partition coefficient (Wildman–Crippen LogP) is 5.17. The lowest BCUT2D eigenvalue weighted by atomic mass is 10.2. The number of rotatable bonds is 2. The normalized spacial score (nSPS) is 11.7. The zero-order valence-corrected chi connectivity index (χ0v) is 14.3. The molecular formula is C15H8F3IN2OS. The number of fused-ring (bicyclic) bond motifs is 1. The molecule has 0 radical (unpaired) electrons. The van der Waals surface area contributed by atoms with Crippen LogP contribution in [0.1, 0.15) is 15.9 Å². The SMILES string of the molecule is O=C(Nc1nc2c(C(F)(F)F)cccc2s1)c1ccccc1I. The van der Waals surface area contributed by atoms with Crippen molar-refractivity contribution in [3.05, 3.63) is 57.2 Å². The van der Waals surface area contributed by atoms with Crippen LogP contribution in [0.15, 0.2) is 42.5 Å². The first-order valence-corrected chi connectivity index (χ1v) is 8.28. The maximum absolute atomic E-state index is 13.0. The first-order valence-electron chi connectivity index (χ1n) is 6.39. The van der Waals surface area contributed by atoms with E-state index in [1.165, 1.54) is 6.07 Å². The second-order valence-corrected chi connectivity index (χ2v) is 6.80. The molecule has 2 aromatic carbocycles. The van der Waals surface area contributed by atoms with Crippen LogP contribution >= 0.6 is 33.9 Å². The van der Waals surface area contributed by atoms with Crippen LogP contribution < -0.4 is 5.32 Å². The van der Waals surface area contributed by atoms with Crippen molar-refractivity contribution in [3.63, 3.8) is 0 Å². The molecule has 1 amide bonds. The Morgan fingerprint density at radius 3 is 2.57 bits per heavy atom. The van der Waals surface area contributed by atoms with E-state index in [4.69, 9.17) is 0 Å². The van der Waals surface area contributed by atoms with Crippen molar-refractivity contribution in [1.29, 1.82) is 0 Å². The van der Waals surface area contributed by atoms with Gasteiger partial charge in [-0.2, -0.15) is 13.2 Å². The van der Waals surface area contributed by atoms with Crippen molar-refractivity contribution in [2.45, 2.75) is 6.18 Å². The number of carbonyl (C=O) groups is 1. The molecule has 3 rings (SSSR count). The smallest absolute Gasteiger partial charge is 0.298 e. The highest BCUT2D eigenvalue weighted by Gasteiger charge is 2.33. The fourth-order valence-corrected chi connectivity index (χ4v) is 3.56. The number of para-hydroxylation sites is 1. The van der Waals surface area contributed by atoms with Gasteiger partial charge in [0.2, 0.25) is 0 Å². The second-order valence-electron chi connectivity index (χ2n) is 4.60. The molecule has 8 heteroatoms. The van der Waals surface area contributed by atoms with E-state index in [1.54, 1.807) is 30.3 Å². The third-order valence-corrected chi connectivity index (χ3v) is 4.94. The van der Waals surface area contributed by atoms with E-state index in [2.05, 4.69) is 10.3 Å². The number of halogens is 4. The lowest BCUT2D eigenvalue weighted by molar-refractivity contribution is -0.136. The number of aromatic nitrogens is 1. The molecule has 0 spiro atoms. The highest BCUT2D eigenvalue weighted by Crippen LogP contribution is 2.37. The first-order chi connectivity index (χ1) is 10.9. The van der Waals surface area contributed by atoms with Crippen LogP contribution in [0.4, 0.5) is 18.3 Å². The van der Waals surface area contributed by atoms with Crippen molar-refractivity contribution < 1.29 is 18.0 Å². The van der Waals surface area contributed by atoms with Crippen LogP contribution in [-0.4, -0.2) is 10.9 Å². The van der Waals surface area contributed by atoms with Gasteiger partial charge < -0.3 is 0 Å². The summed E-state index contributed by atoms with van der Waals surface area (Å²) in [7, 11) is 0. The Balaban J connectivity index is 1.96. The molecule has 1 aromatic heterocycles. The van der Waals surface area contributed by atoms with E-state index >= 15 is 0 Å². The average molecular weight is 448 g/mol. The summed E-state index contributed by atoms with van der Waals surface area (Å²) in [6.07, 6.45) is -4.48. The van der Waals surface area contributed by atoms with Crippen LogP contribution in [0.2, 0.25) is 0 Å². The number of nitrogens with zero attached hydrogens (tertiary/aromatic N) is 1. The summed E-state index contributed by atoms with van der Waals surface area (Å²) < 4.78 is 40.1. The van der Waals surface area contributed by atoms with Gasteiger partial charge in [-0.05, 0) is 46.9 Å². The average Bonchev–Trinajstić information content (AvgIpc) is 2.88. The molecule has 0 unspecified atom stereocenters. The fraction of sp³-hybridized carbons (Fsp3) is 0.0667. The Morgan fingerprint density at radius 1 is 1.13 bits per heavy atom. The molecule has 3 aromatic rings. The number of alkyl halides is 3. The molecule has 0 fully saturated rings. The third-order valence-electron chi connectivity index (χ3n) is 3.06. The summed E-state index contributed by atoms with van der Waals surface area (Å²) in [4.78, 5) is 16.2. The maximum Gasteiger partial charge on any atom is 0.418 e. The van der Waals surface area contributed by atoms with Gasteiger partial charge in [0, 0.05) is 3.57 Å². The lowest BCUT2D eigenvalue weighted by Crippen LogP contribution is -2.13. The highest BCUT2D eigenvalue weighted by molar-refractivity contribution is 14.1. The van der Waals surface area contributed by atoms with Crippen molar-refractivity contribution in [1.82, 2.24) is 4.98 Å². The molecule has 0 aliphatic carbocycles. The summed E-state index contributed by atoms with van der Waals surface area (Å²) in [5.74, 6) is -0.400. The van der Waals surface area contributed by atoms with Gasteiger partial charge in [0.15, 0.2) is 5.13 Å². The molecule has 3 nitrogen and oxygen atoms in total. The lowest BCUT2D eigenvalue weighted by Gasteiger charge is -2.06. The van der Waals surface area contributed by atoms with Crippen molar-refractivity contribution in [2.24, 2.45) is 0 Å². The zero-order chi connectivity index (χ0) is 16.6. The molecule has 0 bridgehead atoms. The van der Waals surface area contributed by atoms with Gasteiger partial charge in [-0.15, -0.1) is 0 Å². The number of amides is 1. The fourth-order valence-electron chi connectivity index (χ4n) is 2.04. The minimum absolute atomic E-state index is 0.140. The molecule has 0 saturated carbocycles. The minimum atomic E-state index is -4.48. The number of thiazole rings is 1. The Labute approximate surface area is 146 Å². The molecule has 0 atom stereocenters. The largest absolute Gasteiger partial charge is 0.418 e. The van der Waals surface area contributed by atoms with Crippen molar-refractivity contribution in [3.8, 4) is 0 Å². The zero-order valence-electron chi connectivity index (χ0n) is 11.3. The van der Waals surface area contributed by atoms with Crippen LogP contribution in [-0.2, 0) is 6.18 Å². The van der Waals surface area contributed by atoms with Gasteiger partial charge in [-0.3, -0.25) is 10.1 Å². The monoisotopic (exact) mass is 448 g/mol. The van der Waals surface area contributed by atoms with Gasteiger partial charge in [-0.1, -0.05) is 29.5 Å². The number of carbonyl (C=O) groups excluding carboxylic acids is 1. The number of benzene rings is 2. The highest BCUT2D eigenvalue weighted by atomic mass is 127. The Morgan fingerprint density at radius 2 is 1.87 bits per heavy atom. The Kier molecular flexibility index (Phi) is 4.28. The molecule has 0 saturated heterocycles. The number of hydrogen-bond acceptors (Lipinski definition) is 3. The number of nitrogens with one attached hydrogen (secondary N) is 1. The Hall–Kier alpha value is -1.68. The van der Waals surface area contributed by atoms with Crippen LogP contribution in [0, 0.1) is 3.57 Å². The topological polar surface area (TPSA) is 42.0 Å². The van der Waals surface area contributed by atoms with Gasteiger partial charge in [0.05, 0.1) is 21.3 Å². The third kappa shape index (κ3) is 3.32. The maximum atomic E-state index is 13.0. The van der Waals surface area contributed by atoms with Crippen LogP contribution in [0.3, 0.4) is 0 Å². The summed E-state index contributed by atoms with van der Waals surface area (Å²) in [5, 5.41) is 2.70. The van der Waals surface area contributed by atoms with Crippen LogP contribution in [0.5, 0.6) is 0 Å². The summed E-state index contributed by atoms with van der Waals surface area (Å²) in [6, 6.07) is 10.8. The van der Waals surface area contributed by atoms with Crippen LogP contribution in [0.25, 0.3) is 10.2 Å². The molecule has 0 aliphatic heterocycles. The Bertz CT molecular complexity index is 892. The molecule has 1 heterocycles.